The maximum absolute atomic E-state index is 14.5. The van der Waals surface area contributed by atoms with Crippen molar-refractivity contribution in [1.82, 2.24) is 4.90 Å². The second kappa shape index (κ2) is 8.89. The normalized spacial score (nSPS) is 18.6. The summed E-state index contributed by atoms with van der Waals surface area (Å²) in [4.78, 5) is 27.1. The summed E-state index contributed by atoms with van der Waals surface area (Å²) in [5.74, 6) is -1.59. The third-order valence-corrected chi connectivity index (χ3v) is 4.78. The summed E-state index contributed by atoms with van der Waals surface area (Å²) in [5.41, 5.74) is 5.92. The fourth-order valence-corrected chi connectivity index (χ4v) is 3.29. The van der Waals surface area contributed by atoms with Gasteiger partial charge in [-0.05, 0) is 31.0 Å². The largest absolute Gasteiger partial charge is 0.370 e. The number of carbonyl (C=O) groups excluding carboxylic acids is 2. The van der Waals surface area contributed by atoms with E-state index in [1.807, 2.05) is 0 Å². The molecule has 0 radical (unpaired) electrons. The zero-order valence-electron chi connectivity index (χ0n) is 15.2. The van der Waals surface area contributed by atoms with Crippen molar-refractivity contribution in [3.8, 4) is 0 Å². The Morgan fingerprint density at radius 2 is 2.14 bits per heavy atom. The van der Waals surface area contributed by atoms with E-state index in [-0.39, 0.29) is 43.0 Å². The van der Waals surface area contributed by atoms with Crippen LogP contribution in [0.15, 0.2) is 18.2 Å². The van der Waals surface area contributed by atoms with E-state index in [4.69, 9.17) is 10.5 Å². The number of nitrogens with one attached hydrogen (secondary N) is 1. The Morgan fingerprint density at radius 1 is 1.39 bits per heavy atom. The second-order valence-corrected chi connectivity index (χ2v) is 6.82. The fourth-order valence-electron chi connectivity index (χ4n) is 3.29. The lowest BCUT2D eigenvalue weighted by Gasteiger charge is -2.30. The first-order valence-corrected chi connectivity index (χ1v) is 9.13. The number of morpholine rings is 1. The van der Waals surface area contributed by atoms with E-state index < -0.39 is 30.7 Å². The van der Waals surface area contributed by atoms with Crippen molar-refractivity contribution < 1.29 is 27.5 Å². The van der Waals surface area contributed by atoms with Gasteiger partial charge in [0, 0.05) is 24.8 Å². The van der Waals surface area contributed by atoms with Crippen LogP contribution in [0.4, 0.5) is 24.5 Å². The summed E-state index contributed by atoms with van der Waals surface area (Å²) in [5, 5.41) is 2.54. The highest BCUT2D eigenvalue weighted by Gasteiger charge is 2.38. The number of hydrogen-bond donors (Lipinski definition) is 2. The summed E-state index contributed by atoms with van der Waals surface area (Å²) in [7, 11) is 0. The SMILES string of the molecule is NC[C@H](C(=O)Nc1ccc(N2CCOCC2=O)c(F)c1)N(CC(F)F)C1CC1. The lowest BCUT2D eigenvalue weighted by Crippen LogP contribution is -2.51. The minimum atomic E-state index is -2.58. The van der Waals surface area contributed by atoms with Crippen molar-refractivity contribution in [2.45, 2.75) is 31.4 Å². The van der Waals surface area contributed by atoms with Crippen molar-refractivity contribution in [1.29, 1.82) is 0 Å². The van der Waals surface area contributed by atoms with E-state index in [0.29, 0.717) is 6.61 Å². The maximum Gasteiger partial charge on any atom is 0.253 e. The van der Waals surface area contributed by atoms with Gasteiger partial charge in [0.15, 0.2) is 0 Å². The van der Waals surface area contributed by atoms with Gasteiger partial charge in [-0.1, -0.05) is 0 Å². The quantitative estimate of drug-likeness (QED) is 0.684. The van der Waals surface area contributed by atoms with Crippen LogP contribution in [0.1, 0.15) is 12.8 Å². The molecule has 28 heavy (non-hydrogen) atoms. The smallest absolute Gasteiger partial charge is 0.253 e. The van der Waals surface area contributed by atoms with Crippen molar-refractivity contribution in [3.63, 3.8) is 0 Å². The highest BCUT2D eigenvalue weighted by molar-refractivity contribution is 5.97. The van der Waals surface area contributed by atoms with Gasteiger partial charge >= 0.3 is 0 Å². The van der Waals surface area contributed by atoms with Crippen LogP contribution in [0, 0.1) is 5.82 Å². The number of carbonyl (C=O) groups is 2. The van der Waals surface area contributed by atoms with Gasteiger partial charge in [0.2, 0.25) is 5.91 Å². The molecule has 0 unspecified atom stereocenters. The van der Waals surface area contributed by atoms with Crippen LogP contribution in [0.5, 0.6) is 0 Å². The van der Waals surface area contributed by atoms with Crippen LogP contribution >= 0.6 is 0 Å². The molecule has 3 rings (SSSR count). The zero-order valence-corrected chi connectivity index (χ0v) is 15.2. The molecule has 1 saturated heterocycles. The van der Waals surface area contributed by atoms with Gasteiger partial charge in [0.1, 0.15) is 18.5 Å². The average Bonchev–Trinajstić information content (AvgIpc) is 3.47. The number of ether oxygens (including phenoxy) is 1. The molecule has 1 aliphatic heterocycles. The van der Waals surface area contributed by atoms with Gasteiger partial charge in [-0.3, -0.25) is 14.5 Å². The Morgan fingerprint density at radius 3 is 2.71 bits per heavy atom. The first-order valence-electron chi connectivity index (χ1n) is 9.13. The molecule has 0 bridgehead atoms. The summed E-state index contributed by atoms with van der Waals surface area (Å²) in [6, 6.07) is 2.94. The third kappa shape index (κ3) is 4.81. The molecule has 1 aliphatic carbocycles. The molecule has 1 saturated carbocycles. The molecule has 10 heteroatoms. The molecular formula is C18H23F3N4O3. The molecule has 1 atom stereocenters. The van der Waals surface area contributed by atoms with Crippen LogP contribution in [-0.2, 0) is 14.3 Å². The van der Waals surface area contributed by atoms with Crippen LogP contribution in [0.25, 0.3) is 0 Å². The number of nitrogens with zero attached hydrogens (tertiary/aromatic N) is 2. The number of alkyl halides is 2. The molecule has 1 aromatic rings. The minimum Gasteiger partial charge on any atom is -0.370 e. The Hall–Kier alpha value is -2.17. The average molecular weight is 400 g/mol. The predicted octanol–water partition coefficient (Wildman–Crippen LogP) is 1.18. The van der Waals surface area contributed by atoms with Gasteiger partial charge in [-0.15, -0.1) is 0 Å². The lowest BCUT2D eigenvalue weighted by molar-refractivity contribution is -0.125. The molecular weight excluding hydrogens is 377 g/mol. The molecule has 1 aromatic carbocycles. The van der Waals surface area contributed by atoms with Crippen LogP contribution in [0.2, 0.25) is 0 Å². The first kappa shape index (κ1) is 20.6. The van der Waals surface area contributed by atoms with Crippen molar-refractivity contribution in [2.24, 2.45) is 5.73 Å². The minimum absolute atomic E-state index is 0.0836. The van der Waals surface area contributed by atoms with Crippen molar-refractivity contribution >= 4 is 23.2 Å². The van der Waals surface area contributed by atoms with Crippen LogP contribution in [-0.4, -0.2) is 68.1 Å². The fraction of sp³-hybridized carbons (Fsp3) is 0.556. The molecule has 0 spiro atoms. The van der Waals surface area contributed by atoms with E-state index in [0.717, 1.165) is 18.9 Å². The number of benzene rings is 1. The van der Waals surface area contributed by atoms with Gasteiger partial charge in [-0.2, -0.15) is 0 Å². The van der Waals surface area contributed by atoms with Crippen molar-refractivity contribution in [3.05, 3.63) is 24.0 Å². The molecule has 7 nitrogen and oxygen atoms in total. The first-order chi connectivity index (χ1) is 13.4. The third-order valence-electron chi connectivity index (χ3n) is 4.78. The second-order valence-electron chi connectivity index (χ2n) is 6.82. The number of amides is 2. The standard InChI is InChI=1S/C18H23F3N4O3/c19-13-7-11(1-4-14(13)24-5-6-28-10-17(24)26)23-18(27)15(8-22)25(9-16(20)21)12-2-3-12/h1,4,7,12,15-16H,2-3,5-6,8-10,22H2,(H,23,27)/t15-/m1/s1. The van der Waals surface area contributed by atoms with E-state index in [1.54, 1.807) is 0 Å². The molecule has 2 aliphatic rings. The number of nitrogens with two attached hydrogens (primary N) is 1. The van der Waals surface area contributed by atoms with E-state index in [9.17, 15) is 22.8 Å². The van der Waals surface area contributed by atoms with E-state index in [1.165, 1.54) is 21.9 Å². The Balaban J connectivity index is 1.70. The van der Waals surface area contributed by atoms with Crippen molar-refractivity contribution in [2.75, 3.05) is 43.1 Å². The maximum atomic E-state index is 14.5. The van der Waals surface area contributed by atoms with E-state index in [2.05, 4.69) is 5.32 Å². The summed E-state index contributed by atoms with van der Waals surface area (Å²) >= 11 is 0. The summed E-state index contributed by atoms with van der Waals surface area (Å²) < 4.78 is 45.2. The number of rotatable bonds is 8. The highest BCUT2D eigenvalue weighted by Crippen LogP contribution is 2.30. The Labute approximate surface area is 160 Å². The lowest BCUT2D eigenvalue weighted by atomic mass is 10.2. The Kier molecular flexibility index (Phi) is 6.53. The van der Waals surface area contributed by atoms with Gasteiger partial charge in [0.25, 0.3) is 12.3 Å². The number of anilines is 2. The number of hydrogen-bond acceptors (Lipinski definition) is 5. The predicted molar refractivity (Wildman–Crippen MR) is 96.8 cm³/mol. The molecule has 3 N–H and O–H groups in total. The van der Waals surface area contributed by atoms with Crippen LogP contribution < -0.4 is 16.0 Å². The van der Waals surface area contributed by atoms with Gasteiger partial charge in [0.05, 0.1) is 18.8 Å². The number of halogens is 3. The molecule has 154 valence electrons. The summed E-state index contributed by atoms with van der Waals surface area (Å²) in [6.07, 6.45) is -1.09. The van der Waals surface area contributed by atoms with Crippen LogP contribution in [0.3, 0.4) is 0 Å². The molecule has 2 fully saturated rings. The monoisotopic (exact) mass is 400 g/mol. The summed E-state index contributed by atoms with van der Waals surface area (Å²) in [6.45, 7) is -0.231. The highest BCUT2D eigenvalue weighted by atomic mass is 19.3. The topological polar surface area (TPSA) is 87.9 Å². The molecule has 2 amide bonds. The molecule has 1 heterocycles. The van der Waals surface area contributed by atoms with Gasteiger partial charge in [-0.25, -0.2) is 13.2 Å². The zero-order chi connectivity index (χ0) is 20.3. The van der Waals surface area contributed by atoms with E-state index >= 15 is 0 Å². The molecule has 0 aromatic heterocycles. The Bertz CT molecular complexity index is 730. The van der Waals surface area contributed by atoms with Gasteiger partial charge < -0.3 is 20.7 Å².